The smallest absolute Gasteiger partial charge is 0.257 e. The zero-order valence-electron chi connectivity index (χ0n) is 12.6. The van der Waals surface area contributed by atoms with Gasteiger partial charge in [-0.3, -0.25) is 0 Å². The van der Waals surface area contributed by atoms with Crippen LogP contribution in [0.2, 0.25) is 0 Å². The second-order valence-corrected chi connectivity index (χ2v) is 6.92. The Kier molecular flexibility index (Phi) is 4.49. The Labute approximate surface area is 125 Å². The van der Waals surface area contributed by atoms with Crippen LogP contribution in [0.15, 0.2) is 29.4 Å². The molecule has 1 aromatic heterocycles. The fourth-order valence-corrected chi connectivity index (χ4v) is 2.99. The fourth-order valence-electron chi connectivity index (χ4n) is 2.48. The normalized spacial score (nSPS) is 11.8. The van der Waals surface area contributed by atoms with Gasteiger partial charge >= 0.3 is 0 Å². The lowest BCUT2D eigenvalue weighted by molar-refractivity contribution is 0.594. The van der Waals surface area contributed by atoms with E-state index in [2.05, 4.69) is 23.2 Å². The second-order valence-electron chi connectivity index (χ2n) is 5.41. The summed E-state index contributed by atoms with van der Waals surface area (Å²) >= 11 is 0. The van der Waals surface area contributed by atoms with Gasteiger partial charge in [-0.2, -0.15) is 0 Å². The lowest BCUT2D eigenvalue weighted by Crippen LogP contribution is -2.12. The maximum atomic E-state index is 11.5. The van der Waals surface area contributed by atoms with Crippen LogP contribution in [0, 0.1) is 13.8 Å². The van der Waals surface area contributed by atoms with Gasteiger partial charge in [0.05, 0.1) is 0 Å². The van der Waals surface area contributed by atoms with Gasteiger partial charge in [0.25, 0.3) is 10.0 Å². The van der Waals surface area contributed by atoms with Gasteiger partial charge in [-0.05, 0) is 25.8 Å². The summed E-state index contributed by atoms with van der Waals surface area (Å²) < 4.78 is 24.8. The number of benzene rings is 1. The molecular formula is C15H21N3O2S. The number of imidazole rings is 1. The molecule has 0 radical (unpaired) electrons. The molecule has 0 atom stereocenters. The minimum absolute atomic E-state index is 0.0599. The maximum Gasteiger partial charge on any atom is 0.257 e. The average Bonchev–Trinajstić information content (AvgIpc) is 2.71. The molecule has 6 heteroatoms. The highest BCUT2D eigenvalue weighted by molar-refractivity contribution is 7.89. The molecule has 0 aliphatic carbocycles. The van der Waals surface area contributed by atoms with E-state index in [9.17, 15) is 8.42 Å². The number of hydrogen-bond donors (Lipinski definition) is 1. The molecule has 2 N–H and O–H groups in total. The number of primary sulfonamides is 1. The summed E-state index contributed by atoms with van der Waals surface area (Å²) in [7, 11) is -3.76. The lowest BCUT2D eigenvalue weighted by atomic mass is 10.1. The third kappa shape index (κ3) is 3.92. The summed E-state index contributed by atoms with van der Waals surface area (Å²) in [5, 5.41) is 5.11. The predicted octanol–water partition coefficient (Wildman–Crippen LogP) is 2.15. The van der Waals surface area contributed by atoms with E-state index in [-0.39, 0.29) is 5.03 Å². The van der Waals surface area contributed by atoms with Gasteiger partial charge in [0.2, 0.25) is 0 Å². The Morgan fingerprint density at radius 2 is 1.81 bits per heavy atom. The molecule has 0 bridgehead atoms. The molecule has 0 spiro atoms. The average molecular weight is 307 g/mol. The van der Waals surface area contributed by atoms with Crippen LogP contribution in [0.4, 0.5) is 0 Å². The van der Waals surface area contributed by atoms with E-state index in [1.807, 2.05) is 25.3 Å². The third-order valence-corrected chi connectivity index (χ3v) is 4.02. The van der Waals surface area contributed by atoms with Crippen molar-refractivity contribution in [1.29, 1.82) is 0 Å². The first kappa shape index (κ1) is 15.7. The van der Waals surface area contributed by atoms with E-state index in [1.54, 1.807) is 0 Å². The maximum absolute atomic E-state index is 11.5. The standard InChI is InChI=1S/C15H21N3O2S/c1-4-5-14-17-15(21(16,19)20)10-18(14)9-13-7-11(2)6-12(3)8-13/h6-8,10H,4-5,9H2,1-3H3,(H2,16,19,20). The third-order valence-electron chi connectivity index (χ3n) is 3.24. The molecule has 114 valence electrons. The quantitative estimate of drug-likeness (QED) is 0.919. The van der Waals surface area contributed by atoms with Crippen molar-refractivity contribution in [1.82, 2.24) is 9.55 Å². The molecule has 5 nitrogen and oxygen atoms in total. The highest BCUT2D eigenvalue weighted by Gasteiger charge is 2.16. The van der Waals surface area contributed by atoms with E-state index >= 15 is 0 Å². The van der Waals surface area contributed by atoms with Crippen LogP contribution in [0.3, 0.4) is 0 Å². The molecule has 0 saturated heterocycles. The van der Waals surface area contributed by atoms with Crippen molar-refractivity contribution < 1.29 is 8.42 Å². The van der Waals surface area contributed by atoms with E-state index in [4.69, 9.17) is 5.14 Å². The molecular weight excluding hydrogens is 286 g/mol. The summed E-state index contributed by atoms with van der Waals surface area (Å²) in [6.07, 6.45) is 3.15. The number of sulfonamides is 1. The van der Waals surface area contributed by atoms with Crippen LogP contribution in [0.5, 0.6) is 0 Å². The molecule has 0 fully saturated rings. The molecule has 21 heavy (non-hydrogen) atoms. The number of nitrogens with two attached hydrogens (primary N) is 1. The van der Waals surface area contributed by atoms with Gasteiger partial charge < -0.3 is 4.57 Å². The van der Waals surface area contributed by atoms with Crippen molar-refractivity contribution in [2.75, 3.05) is 0 Å². The van der Waals surface area contributed by atoms with Crippen LogP contribution in [-0.2, 0) is 23.0 Å². The summed E-state index contributed by atoms with van der Waals surface area (Å²) in [5.74, 6) is 0.751. The van der Waals surface area contributed by atoms with Crippen molar-refractivity contribution in [2.45, 2.75) is 45.2 Å². The minimum atomic E-state index is -3.76. The first-order valence-corrected chi connectivity index (χ1v) is 8.50. The van der Waals surface area contributed by atoms with Crippen LogP contribution in [0.25, 0.3) is 0 Å². The predicted molar refractivity (Wildman–Crippen MR) is 82.6 cm³/mol. The first-order valence-electron chi connectivity index (χ1n) is 6.95. The number of aromatic nitrogens is 2. The van der Waals surface area contributed by atoms with Gasteiger partial charge in [-0.1, -0.05) is 36.2 Å². The van der Waals surface area contributed by atoms with Crippen molar-refractivity contribution in [2.24, 2.45) is 5.14 Å². The molecule has 2 rings (SSSR count). The van der Waals surface area contributed by atoms with Crippen LogP contribution < -0.4 is 5.14 Å². The van der Waals surface area contributed by atoms with Gasteiger partial charge in [-0.25, -0.2) is 18.5 Å². The molecule has 0 aliphatic rings. The fraction of sp³-hybridized carbons (Fsp3) is 0.400. The Morgan fingerprint density at radius 3 is 2.33 bits per heavy atom. The van der Waals surface area contributed by atoms with Gasteiger partial charge in [0.1, 0.15) is 5.82 Å². The molecule has 0 aliphatic heterocycles. The summed E-state index contributed by atoms with van der Waals surface area (Å²) in [6, 6.07) is 6.30. The van der Waals surface area contributed by atoms with Crippen molar-refractivity contribution in [3.63, 3.8) is 0 Å². The summed E-state index contributed by atoms with van der Waals surface area (Å²) in [4.78, 5) is 4.16. The minimum Gasteiger partial charge on any atom is -0.329 e. The van der Waals surface area contributed by atoms with Crippen molar-refractivity contribution in [3.8, 4) is 0 Å². The highest BCUT2D eigenvalue weighted by Crippen LogP contribution is 2.15. The zero-order valence-corrected chi connectivity index (χ0v) is 13.4. The van der Waals surface area contributed by atoms with E-state index in [0.717, 1.165) is 24.2 Å². The van der Waals surface area contributed by atoms with Crippen molar-refractivity contribution >= 4 is 10.0 Å². The SMILES string of the molecule is CCCc1nc(S(N)(=O)=O)cn1Cc1cc(C)cc(C)c1. The highest BCUT2D eigenvalue weighted by atomic mass is 32.2. The van der Waals surface area contributed by atoms with E-state index in [0.29, 0.717) is 6.54 Å². The van der Waals surface area contributed by atoms with Gasteiger partial charge in [0.15, 0.2) is 5.03 Å². The van der Waals surface area contributed by atoms with E-state index < -0.39 is 10.0 Å². The van der Waals surface area contributed by atoms with Crippen molar-refractivity contribution in [3.05, 3.63) is 46.9 Å². The number of aryl methyl sites for hydroxylation is 3. The Bertz CT molecular complexity index is 728. The topological polar surface area (TPSA) is 78.0 Å². The number of nitrogens with zero attached hydrogens (tertiary/aromatic N) is 2. The summed E-state index contributed by atoms with van der Waals surface area (Å²) in [5.41, 5.74) is 3.51. The van der Waals surface area contributed by atoms with Crippen LogP contribution >= 0.6 is 0 Å². The lowest BCUT2D eigenvalue weighted by Gasteiger charge is -2.09. The van der Waals surface area contributed by atoms with Gasteiger partial charge in [-0.15, -0.1) is 0 Å². The van der Waals surface area contributed by atoms with Crippen LogP contribution in [-0.4, -0.2) is 18.0 Å². The molecule has 0 unspecified atom stereocenters. The summed E-state index contributed by atoms with van der Waals surface area (Å²) in [6.45, 7) is 6.73. The number of rotatable bonds is 5. The van der Waals surface area contributed by atoms with E-state index in [1.165, 1.54) is 17.3 Å². The molecule has 2 aromatic rings. The Balaban J connectivity index is 2.40. The first-order chi connectivity index (χ1) is 9.79. The zero-order chi connectivity index (χ0) is 15.6. The molecule has 0 amide bonds. The molecule has 0 saturated carbocycles. The second kappa shape index (κ2) is 5.99. The molecule has 1 aromatic carbocycles. The van der Waals surface area contributed by atoms with Crippen LogP contribution in [0.1, 0.15) is 35.9 Å². The Hall–Kier alpha value is -1.66. The Morgan fingerprint density at radius 1 is 1.19 bits per heavy atom. The van der Waals surface area contributed by atoms with Gasteiger partial charge in [0, 0.05) is 19.2 Å². The largest absolute Gasteiger partial charge is 0.329 e. The monoisotopic (exact) mass is 307 g/mol. The number of hydrogen-bond acceptors (Lipinski definition) is 3. The molecule has 1 heterocycles.